The minimum absolute atomic E-state index is 0.0788. The third-order valence-electron chi connectivity index (χ3n) is 8.97. The van der Waals surface area contributed by atoms with Crippen LogP contribution in [0.2, 0.25) is 0 Å². The van der Waals surface area contributed by atoms with Crippen molar-refractivity contribution in [2.45, 2.75) is 77.1 Å². The summed E-state index contributed by atoms with van der Waals surface area (Å²) < 4.78 is 17.6. The third kappa shape index (κ3) is 2.19. The van der Waals surface area contributed by atoms with Crippen LogP contribution >= 0.6 is 0 Å². The van der Waals surface area contributed by atoms with Gasteiger partial charge in [0.1, 0.15) is 0 Å². The molecule has 3 nitrogen and oxygen atoms in total. The number of allylic oxidation sites excluding steroid dienone is 3. The molecular formula is C23H34O3. The Balaban J connectivity index is 1.39. The van der Waals surface area contributed by atoms with Gasteiger partial charge in [0.2, 0.25) is 0 Å². The molecule has 0 aromatic heterocycles. The van der Waals surface area contributed by atoms with E-state index in [9.17, 15) is 0 Å². The lowest BCUT2D eigenvalue weighted by Gasteiger charge is -2.53. The Hall–Kier alpha value is -0.800. The van der Waals surface area contributed by atoms with Gasteiger partial charge in [-0.3, -0.25) is 0 Å². The van der Waals surface area contributed by atoms with Crippen molar-refractivity contribution >= 4 is 0 Å². The van der Waals surface area contributed by atoms with Crippen LogP contribution in [0.25, 0.3) is 0 Å². The lowest BCUT2D eigenvalue weighted by atomic mass is 9.53. The molecule has 0 radical (unpaired) electrons. The van der Waals surface area contributed by atoms with Gasteiger partial charge in [-0.2, -0.15) is 0 Å². The zero-order valence-corrected chi connectivity index (χ0v) is 16.8. The first kappa shape index (κ1) is 17.3. The summed E-state index contributed by atoms with van der Waals surface area (Å²) in [5.74, 6) is 4.49. The molecule has 7 atom stereocenters. The summed E-state index contributed by atoms with van der Waals surface area (Å²) in [5.41, 5.74) is 3.95. The molecule has 0 aromatic carbocycles. The van der Waals surface area contributed by atoms with Crippen LogP contribution in [-0.4, -0.2) is 26.1 Å². The molecule has 0 saturated heterocycles. The van der Waals surface area contributed by atoms with Crippen molar-refractivity contribution in [2.24, 2.45) is 29.1 Å². The normalized spacial score (nSPS) is 47.3. The highest BCUT2D eigenvalue weighted by Crippen LogP contribution is 2.76. The monoisotopic (exact) mass is 358 g/mol. The van der Waals surface area contributed by atoms with Crippen LogP contribution in [0.3, 0.4) is 0 Å². The van der Waals surface area contributed by atoms with Gasteiger partial charge in [0.25, 0.3) is 0 Å². The first-order valence-electron chi connectivity index (χ1n) is 10.7. The number of rotatable bonds is 4. The van der Waals surface area contributed by atoms with Gasteiger partial charge in [-0.1, -0.05) is 18.1 Å². The fraction of sp³-hybridized carbons (Fsp3) is 0.826. The summed E-state index contributed by atoms with van der Waals surface area (Å²) in [4.78, 5) is 0. The van der Waals surface area contributed by atoms with Crippen LogP contribution in [0.1, 0.15) is 65.2 Å². The Labute approximate surface area is 158 Å². The second-order valence-corrected chi connectivity index (χ2v) is 9.70. The number of hydrogen-bond acceptors (Lipinski definition) is 3. The molecule has 0 aliphatic heterocycles. The second kappa shape index (κ2) is 5.85. The Morgan fingerprint density at radius 1 is 1.23 bits per heavy atom. The predicted molar refractivity (Wildman–Crippen MR) is 101 cm³/mol. The molecule has 0 aromatic rings. The molecule has 26 heavy (non-hydrogen) atoms. The molecule has 0 N–H and O–H groups in total. The summed E-state index contributed by atoms with van der Waals surface area (Å²) in [7, 11) is 3.59. The molecule has 3 fully saturated rings. The lowest BCUT2D eigenvalue weighted by molar-refractivity contribution is -0.202. The van der Waals surface area contributed by atoms with E-state index in [-0.39, 0.29) is 11.9 Å². The lowest BCUT2D eigenvalue weighted by Crippen LogP contribution is -2.49. The maximum Gasteiger partial charge on any atom is 0.155 e. The maximum atomic E-state index is 6.55. The highest BCUT2D eigenvalue weighted by molar-refractivity contribution is 5.34. The van der Waals surface area contributed by atoms with Crippen LogP contribution in [0.15, 0.2) is 23.0 Å². The first-order valence-corrected chi connectivity index (χ1v) is 10.7. The van der Waals surface area contributed by atoms with Crippen LogP contribution in [0, 0.1) is 29.1 Å². The van der Waals surface area contributed by atoms with Crippen molar-refractivity contribution in [1.82, 2.24) is 0 Å². The Morgan fingerprint density at radius 3 is 2.85 bits per heavy atom. The van der Waals surface area contributed by atoms with Gasteiger partial charge in [0, 0.05) is 18.9 Å². The summed E-state index contributed by atoms with van der Waals surface area (Å²) in [5, 5.41) is 0. The number of ether oxygens (including phenoxy) is 3. The van der Waals surface area contributed by atoms with Crippen molar-refractivity contribution in [3.8, 4) is 0 Å². The molecule has 0 spiro atoms. The Bertz CT molecular complexity index is 664. The summed E-state index contributed by atoms with van der Waals surface area (Å²) in [6.07, 6.45) is 12.5. The van der Waals surface area contributed by atoms with E-state index in [2.05, 4.69) is 19.9 Å². The maximum absolute atomic E-state index is 6.55. The van der Waals surface area contributed by atoms with Gasteiger partial charge in [-0.25, -0.2) is 0 Å². The summed E-state index contributed by atoms with van der Waals surface area (Å²) in [6, 6.07) is 0. The van der Waals surface area contributed by atoms with E-state index in [0.29, 0.717) is 5.41 Å². The van der Waals surface area contributed by atoms with E-state index in [0.717, 1.165) is 36.5 Å². The van der Waals surface area contributed by atoms with E-state index >= 15 is 0 Å². The first-order chi connectivity index (χ1) is 12.5. The largest absolute Gasteiger partial charge is 0.501 e. The van der Waals surface area contributed by atoms with Gasteiger partial charge >= 0.3 is 0 Å². The predicted octanol–water partition coefficient (Wildman–Crippen LogP) is 5.22. The molecule has 3 heteroatoms. The molecule has 144 valence electrons. The smallest absolute Gasteiger partial charge is 0.155 e. The quantitative estimate of drug-likeness (QED) is 0.509. The van der Waals surface area contributed by atoms with Gasteiger partial charge in [-0.15, -0.1) is 0 Å². The Kier molecular flexibility index (Phi) is 3.89. The molecule has 5 rings (SSSR count). The third-order valence-corrected chi connectivity index (χ3v) is 8.97. The summed E-state index contributed by atoms with van der Waals surface area (Å²) in [6.45, 7) is 4.61. The minimum Gasteiger partial charge on any atom is -0.501 e. The molecule has 0 heterocycles. The fourth-order valence-electron chi connectivity index (χ4n) is 7.54. The van der Waals surface area contributed by atoms with E-state index in [4.69, 9.17) is 14.2 Å². The number of hydrogen-bond donors (Lipinski definition) is 0. The van der Waals surface area contributed by atoms with Crippen molar-refractivity contribution in [3.63, 3.8) is 0 Å². The molecule has 3 saturated carbocycles. The van der Waals surface area contributed by atoms with E-state index in [1.54, 1.807) is 18.3 Å². The molecule has 2 unspecified atom stereocenters. The zero-order valence-electron chi connectivity index (χ0n) is 16.8. The minimum atomic E-state index is -0.0788. The SMILES string of the molecule is COC1=CCC2=C(CC[C@@H]3[C@@H]2CC[C@@]2(C)[C@H]3C[C@H]3CC32OC(C)OC)C1. The van der Waals surface area contributed by atoms with Crippen LogP contribution in [-0.2, 0) is 14.2 Å². The van der Waals surface area contributed by atoms with Crippen molar-refractivity contribution in [1.29, 1.82) is 0 Å². The van der Waals surface area contributed by atoms with Gasteiger partial charge in [-0.05, 0) is 81.6 Å². The highest BCUT2D eigenvalue weighted by Gasteiger charge is 2.75. The Morgan fingerprint density at radius 2 is 2.08 bits per heavy atom. The summed E-state index contributed by atoms with van der Waals surface area (Å²) >= 11 is 0. The van der Waals surface area contributed by atoms with Gasteiger partial charge in [0.15, 0.2) is 6.29 Å². The standard InChI is InChI=1S/C23H34O3/c1-14(24-3)26-23-13-16(23)12-21-20-7-5-15-11-17(25-4)6-8-18(15)19(20)9-10-22(21,23)2/h6,14,16,19-21H,5,7-13H2,1-4H3/t14?,16-,19+,20+,21-,22-,23?/m0/s1. The topological polar surface area (TPSA) is 27.7 Å². The van der Waals surface area contributed by atoms with E-state index in [1.807, 2.05) is 7.11 Å². The zero-order chi connectivity index (χ0) is 18.1. The van der Waals surface area contributed by atoms with Crippen LogP contribution in [0.5, 0.6) is 0 Å². The van der Waals surface area contributed by atoms with Crippen LogP contribution < -0.4 is 0 Å². The highest BCUT2D eigenvalue weighted by atomic mass is 16.7. The molecule has 0 amide bonds. The second-order valence-electron chi connectivity index (χ2n) is 9.70. The van der Waals surface area contributed by atoms with Crippen molar-refractivity contribution in [2.75, 3.05) is 14.2 Å². The molecule has 5 aliphatic carbocycles. The van der Waals surface area contributed by atoms with Crippen molar-refractivity contribution in [3.05, 3.63) is 23.0 Å². The molecular weight excluding hydrogens is 324 g/mol. The van der Waals surface area contributed by atoms with E-state index in [1.165, 1.54) is 44.3 Å². The van der Waals surface area contributed by atoms with Gasteiger partial charge < -0.3 is 14.2 Å². The number of methoxy groups -OCH3 is 2. The average molecular weight is 359 g/mol. The fourth-order valence-corrected chi connectivity index (χ4v) is 7.54. The van der Waals surface area contributed by atoms with E-state index < -0.39 is 0 Å². The van der Waals surface area contributed by atoms with Crippen LogP contribution in [0.4, 0.5) is 0 Å². The average Bonchev–Trinajstić information content (AvgIpc) is 3.30. The molecule has 0 bridgehead atoms. The molecule has 5 aliphatic rings. The number of fused-ring (bicyclic) bond motifs is 6. The van der Waals surface area contributed by atoms with Crippen molar-refractivity contribution < 1.29 is 14.2 Å². The van der Waals surface area contributed by atoms with Gasteiger partial charge in [0.05, 0.1) is 18.5 Å².